The van der Waals surface area contributed by atoms with E-state index in [4.69, 9.17) is 15.6 Å². The van der Waals surface area contributed by atoms with Crippen LogP contribution in [0.2, 0.25) is 0 Å². The standard InChI is InChI=1S/C11H15NO4S/c1-6(2)4-16-11(15)9-7(3-8(13)14)5-17-10(9)12/h5-6H,3-4,12H2,1-2H3,(H,13,14). The van der Waals surface area contributed by atoms with Crippen molar-refractivity contribution in [3.05, 3.63) is 16.5 Å². The van der Waals surface area contributed by atoms with E-state index in [9.17, 15) is 9.59 Å². The predicted molar refractivity (Wildman–Crippen MR) is 65.2 cm³/mol. The Labute approximate surface area is 103 Å². The van der Waals surface area contributed by atoms with Crippen LogP contribution in [0.4, 0.5) is 5.00 Å². The highest BCUT2D eigenvalue weighted by Gasteiger charge is 2.20. The number of ether oxygens (including phenoxy) is 1. The number of hydrogen-bond donors (Lipinski definition) is 2. The molecule has 5 nitrogen and oxygen atoms in total. The zero-order chi connectivity index (χ0) is 13.0. The lowest BCUT2D eigenvalue weighted by atomic mass is 10.1. The van der Waals surface area contributed by atoms with E-state index >= 15 is 0 Å². The van der Waals surface area contributed by atoms with Gasteiger partial charge in [0, 0.05) is 0 Å². The third-order valence-electron chi connectivity index (χ3n) is 1.99. The number of thiophene rings is 1. The first-order valence-electron chi connectivity index (χ1n) is 5.16. The van der Waals surface area contributed by atoms with E-state index in [-0.39, 0.29) is 17.9 Å². The smallest absolute Gasteiger partial charge is 0.341 e. The number of nitrogens with two attached hydrogens (primary N) is 1. The Balaban J connectivity index is 2.84. The Morgan fingerprint density at radius 1 is 1.53 bits per heavy atom. The first-order chi connectivity index (χ1) is 7.91. The van der Waals surface area contributed by atoms with Crippen molar-refractivity contribution in [1.82, 2.24) is 0 Å². The topological polar surface area (TPSA) is 89.6 Å². The molecule has 94 valence electrons. The highest BCUT2D eigenvalue weighted by molar-refractivity contribution is 7.14. The molecule has 0 aliphatic heterocycles. The third-order valence-corrected chi connectivity index (χ3v) is 2.85. The minimum Gasteiger partial charge on any atom is -0.481 e. The van der Waals surface area contributed by atoms with E-state index in [1.807, 2.05) is 13.8 Å². The molecule has 0 atom stereocenters. The summed E-state index contributed by atoms with van der Waals surface area (Å²) in [4.78, 5) is 22.4. The molecule has 0 radical (unpaired) electrons. The average molecular weight is 257 g/mol. The molecular formula is C11H15NO4S. The number of aliphatic carboxylic acids is 1. The molecule has 0 unspecified atom stereocenters. The van der Waals surface area contributed by atoms with Gasteiger partial charge in [-0.25, -0.2) is 4.79 Å². The summed E-state index contributed by atoms with van der Waals surface area (Å²) in [6, 6.07) is 0. The summed E-state index contributed by atoms with van der Waals surface area (Å²) in [6.07, 6.45) is -0.222. The van der Waals surface area contributed by atoms with Gasteiger partial charge in [0.1, 0.15) is 5.00 Å². The molecule has 0 bridgehead atoms. The van der Waals surface area contributed by atoms with Gasteiger partial charge in [0.25, 0.3) is 0 Å². The average Bonchev–Trinajstić information content (AvgIpc) is 2.55. The molecule has 1 aromatic rings. The number of rotatable bonds is 5. The van der Waals surface area contributed by atoms with E-state index in [0.717, 1.165) is 11.3 Å². The van der Waals surface area contributed by atoms with Crippen LogP contribution in [0.5, 0.6) is 0 Å². The normalized spacial score (nSPS) is 10.5. The van der Waals surface area contributed by atoms with E-state index in [2.05, 4.69) is 0 Å². The lowest BCUT2D eigenvalue weighted by molar-refractivity contribution is -0.136. The van der Waals surface area contributed by atoms with Gasteiger partial charge in [0.05, 0.1) is 18.6 Å². The summed E-state index contributed by atoms with van der Waals surface area (Å²) in [5.41, 5.74) is 6.25. The van der Waals surface area contributed by atoms with Crippen LogP contribution < -0.4 is 5.73 Å². The fourth-order valence-electron chi connectivity index (χ4n) is 1.25. The molecule has 0 amide bonds. The molecule has 6 heteroatoms. The van der Waals surface area contributed by atoms with Crippen LogP contribution in [0.1, 0.15) is 29.8 Å². The first-order valence-corrected chi connectivity index (χ1v) is 6.04. The van der Waals surface area contributed by atoms with Gasteiger partial charge in [-0.15, -0.1) is 11.3 Å². The molecule has 0 fully saturated rings. The van der Waals surface area contributed by atoms with E-state index in [0.29, 0.717) is 17.2 Å². The number of carbonyl (C=O) groups excluding carboxylic acids is 1. The van der Waals surface area contributed by atoms with E-state index in [1.165, 1.54) is 0 Å². The quantitative estimate of drug-likeness (QED) is 0.785. The van der Waals surface area contributed by atoms with E-state index in [1.54, 1.807) is 5.38 Å². The van der Waals surface area contributed by atoms with Gasteiger partial charge in [0.2, 0.25) is 0 Å². The minimum atomic E-state index is -0.999. The van der Waals surface area contributed by atoms with Crippen molar-refractivity contribution in [2.24, 2.45) is 5.92 Å². The van der Waals surface area contributed by atoms with Crippen LogP contribution in [-0.2, 0) is 16.0 Å². The van der Waals surface area contributed by atoms with Gasteiger partial charge < -0.3 is 15.6 Å². The molecule has 0 aromatic carbocycles. The molecule has 1 aromatic heterocycles. The number of hydrogen-bond acceptors (Lipinski definition) is 5. The number of carbonyl (C=O) groups is 2. The molecule has 0 saturated heterocycles. The number of carboxylic acids is 1. The molecule has 1 rings (SSSR count). The number of carboxylic acid groups (broad SMARTS) is 1. The van der Waals surface area contributed by atoms with Crippen LogP contribution in [0.15, 0.2) is 5.38 Å². The van der Waals surface area contributed by atoms with E-state index < -0.39 is 11.9 Å². The SMILES string of the molecule is CC(C)COC(=O)c1c(CC(=O)O)csc1N. The number of esters is 1. The Morgan fingerprint density at radius 3 is 2.71 bits per heavy atom. The molecule has 0 aliphatic carbocycles. The van der Waals surface area contributed by atoms with Crippen molar-refractivity contribution in [2.75, 3.05) is 12.3 Å². The Bertz CT molecular complexity index is 425. The van der Waals surface area contributed by atoms with Crippen molar-refractivity contribution in [1.29, 1.82) is 0 Å². The van der Waals surface area contributed by atoms with Crippen LogP contribution in [0.3, 0.4) is 0 Å². The van der Waals surface area contributed by atoms with Gasteiger partial charge in [-0.3, -0.25) is 4.79 Å². The molecule has 0 aliphatic rings. The Kier molecular flexibility index (Phi) is 4.51. The Morgan fingerprint density at radius 2 is 2.18 bits per heavy atom. The van der Waals surface area contributed by atoms with Crippen molar-refractivity contribution in [2.45, 2.75) is 20.3 Å². The predicted octanol–water partition coefficient (Wildman–Crippen LogP) is 1.77. The molecule has 17 heavy (non-hydrogen) atoms. The second-order valence-corrected chi connectivity index (χ2v) is 4.97. The summed E-state index contributed by atoms with van der Waals surface area (Å²) in [5, 5.41) is 10.6. The van der Waals surface area contributed by atoms with Crippen LogP contribution in [0, 0.1) is 5.92 Å². The molecule has 0 saturated carbocycles. The summed E-state index contributed by atoms with van der Waals surface area (Å²) in [7, 11) is 0. The van der Waals surface area contributed by atoms with Crippen LogP contribution in [0.25, 0.3) is 0 Å². The van der Waals surface area contributed by atoms with Gasteiger partial charge in [-0.05, 0) is 16.9 Å². The molecule has 1 heterocycles. The maximum atomic E-state index is 11.7. The third kappa shape index (κ3) is 3.74. The summed E-state index contributed by atoms with van der Waals surface area (Å²) < 4.78 is 5.05. The largest absolute Gasteiger partial charge is 0.481 e. The lowest BCUT2D eigenvalue weighted by Crippen LogP contribution is -2.13. The Hall–Kier alpha value is -1.56. The summed E-state index contributed by atoms with van der Waals surface area (Å²) >= 11 is 1.15. The number of nitrogen functional groups attached to an aromatic ring is 1. The molecular weight excluding hydrogens is 242 g/mol. The fraction of sp³-hybridized carbons (Fsp3) is 0.455. The van der Waals surface area contributed by atoms with Crippen molar-refractivity contribution >= 4 is 28.3 Å². The van der Waals surface area contributed by atoms with Gasteiger partial charge in [-0.1, -0.05) is 13.8 Å². The lowest BCUT2D eigenvalue weighted by Gasteiger charge is -2.08. The second kappa shape index (κ2) is 5.67. The maximum Gasteiger partial charge on any atom is 0.341 e. The van der Waals surface area contributed by atoms with Crippen LogP contribution in [-0.4, -0.2) is 23.7 Å². The van der Waals surface area contributed by atoms with Crippen molar-refractivity contribution in [3.63, 3.8) is 0 Å². The van der Waals surface area contributed by atoms with Gasteiger partial charge in [0.15, 0.2) is 0 Å². The van der Waals surface area contributed by atoms with Gasteiger partial charge in [-0.2, -0.15) is 0 Å². The zero-order valence-electron chi connectivity index (χ0n) is 9.73. The first kappa shape index (κ1) is 13.5. The highest BCUT2D eigenvalue weighted by Crippen LogP contribution is 2.26. The summed E-state index contributed by atoms with van der Waals surface area (Å²) in [5.74, 6) is -1.32. The van der Waals surface area contributed by atoms with Crippen molar-refractivity contribution < 1.29 is 19.4 Å². The molecule has 0 spiro atoms. The maximum absolute atomic E-state index is 11.7. The molecule has 3 N–H and O–H groups in total. The fourth-order valence-corrected chi connectivity index (χ4v) is 2.05. The van der Waals surface area contributed by atoms with Crippen molar-refractivity contribution in [3.8, 4) is 0 Å². The summed E-state index contributed by atoms with van der Waals surface area (Å²) in [6.45, 7) is 4.13. The monoisotopic (exact) mass is 257 g/mol. The zero-order valence-corrected chi connectivity index (χ0v) is 10.5. The number of anilines is 1. The highest BCUT2D eigenvalue weighted by atomic mass is 32.1. The van der Waals surface area contributed by atoms with Gasteiger partial charge >= 0.3 is 11.9 Å². The second-order valence-electron chi connectivity index (χ2n) is 4.06. The van der Waals surface area contributed by atoms with Crippen LogP contribution >= 0.6 is 11.3 Å². The minimum absolute atomic E-state index is 0.193.